The van der Waals surface area contributed by atoms with Crippen molar-refractivity contribution in [1.82, 2.24) is 9.78 Å². The molecule has 0 fully saturated rings. The molecule has 2 rings (SSSR count). The summed E-state index contributed by atoms with van der Waals surface area (Å²) in [5.74, 6) is -0.898. The van der Waals surface area contributed by atoms with E-state index in [1.54, 1.807) is 6.92 Å². The van der Waals surface area contributed by atoms with Gasteiger partial charge >= 0.3 is 5.97 Å². The normalized spacial score (nSPS) is 10.7. The Hall–Kier alpha value is -1.88. The molecular weight excluding hydrogens is 295 g/mol. The number of hydrogen-bond donors (Lipinski definition) is 0. The van der Waals surface area contributed by atoms with Crippen LogP contribution in [0.15, 0.2) is 24.3 Å². The quantitative estimate of drug-likeness (QED) is 0.789. The number of halogens is 2. The number of aryl methyl sites for hydroxylation is 1. The van der Waals surface area contributed by atoms with Gasteiger partial charge in [-0.25, -0.2) is 13.9 Å². The number of aromatic nitrogens is 2. The minimum atomic E-state index is -0.540. The first-order valence-electron chi connectivity index (χ1n) is 6.78. The Morgan fingerprint density at radius 1 is 1.33 bits per heavy atom. The Morgan fingerprint density at radius 3 is 2.57 bits per heavy atom. The van der Waals surface area contributed by atoms with E-state index in [1.165, 1.54) is 28.9 Å². The van der Waals surface area contributed by atoms with Crippen LogP contribution in [-0.4, -0.2) is 22.4 Å². The molecular formula is C15H16ClFN2O2. The molecule has 112 valence electrons. The lowest BCUT2D eigenvalue weighted by Crippen LogP contribution is -2.12. The van der Waals surface area contributed by atoms with Gasteiger partial charge < -0.3 is 4.74 Å². The van der Waals surface area contributed by atoms with E-state index in [-0.39, 0.29) is 18.1 Å². The number of benzene rings is 1. The van der Waals surface area contributed by atoms with Crippen LogP contribution >= 0.6 is 11.6 Å². The summed E-state index contributed by atoms with van der Waals surface area (Å²) < 4.78 is 19.5. The van der Waals surface area contributed by atoms with Crippen LogP contribution in [-0.2, 0) is 11.2 Å². The van der Waals surface area contributed by atoms with Gasteiger partial charge in [-0.05, 0) is 37.6 Å². The molecule has 4 nitrogen and oxygen atoms in total. The smallest absolute Gasteiger partial charge is 0.358 e. The third-order valence-electron chi connectivity index (χ3n) is 2.92. The Bertz CT molecular complexity index is 638. The number of ether oxygens (including phenoxy) is 1. The maximum absolute atomic E-state index is 13.0. The van der Waals surface area contributed by atoms with Gasteiger partial charge in [-0.1, -0.05) is 24.9 Å². The van der Waals surface area contributed by atoms with Crippen LogP contribution in [0.5, 0.6) is 0 Å². The minimum absolute atomic E-state index is 0.175. The van der Waals surface area contributed by atoms with Crippen molar-refractivity contribution in [2.45, 2.75) is 26.7 Å². The number of carbonyl (C=O) groups is 1. The molecule has 0 bridgehead atoms. The predicted molar refractivity (Wildman–Crippen MR) is 78.5 cm³/mol. The van der Waals surface area contributed by atoms with Crippen LogP contribution in [0.1, 0.15) is 36.5 Å². The van der Waals surface area contributed by atoms with Crippen molar-refractivity contribution in [3.8, 4) is 5.69 Å². The third kappa shape index (κ3) is 3.24. The molecule has 1 aromatic carbocycles. The molecule has 0 unspecified atom stereocenters. The zero-order valence-corrected chi connectivity index (χ0v) is 12.7. The van der Waals surface area contributed by atoms with Crippen LogP contribution in [0.3, 0.4) is 0 Å². The summed E-state index contributed by atoms with van der Waals surface area (Å²) in [7, 11) is 0. The molecule has 1 aromatic heterocycles. The maximum atomic E-state index is 13.0. The van der Waals surface area contributed by atoms with E-state index >= 15 is 0 Å². The summed E-state index contributed by atoms with van der Waals surface area (Å²) in [4.78, 5) is 12.1. The third-order valence-corrected chi connectivity index (χ3v) is 3.32. The van der Waals surface area contributed by atoms with E-state index in [1.807, 2.05) is 6.92 Å². The first kappa shape index (κ1) is 15.5. The van der Waals surface area contributed by atoms with Gasteiger partial charge in [-0.2, -0.15) is 5.10 Å². The second-order valence-corrected chi connectivity index (χ2v) is 4.85. The van der Waals surface area contributed by atoms with Crippen molar-refractivity contribution in [3.63, 3.8) is 0 Å². The largest absolute Gasteiger partial charge is 0.461 e. The molecule has 0 radical (unpaired) electrons. The summed E-state index contributed by atoms with van der Waals surface area (Å²) in [6, 6.07) is 5.69. The Morgan fingerprint density at radius 2 is 2.00 bits per heavy atom. The monoisotopic (exact) mass is 310 g/mol. The maximum Gasteiger partial charge on any atom is 0.358 e. The van der Waals surface area contributed by atoms with Gasteiger partial charge in [0.05, 0.1) is 23.0 Å². The van der Waals surface area contributed by atoms with Crippen molar-refractivity contribution < 1.29 is 13.9 Å². The highest BCUT2D eigenvalue weighted by molar-refractivity contribution is 6.34. The molecule has 0 aliphatic carbocycles. The van der Waals surface area contributed by atoms with E-state index < -0.39 is 5.97 Å². The number of esters is 1. The lowest BCUT2D eigenvalue weighted by atomic mass is 10.2. The fraction of sp³-hybridized carbons (Fsp3) is 0.333. The van der Waals surface area contributed by atoms with E-state index in [9.17, 15) is 9.18 Å². The molecule has 2 aromatic rings. The minimum Gasteiger partial charge on any atom is -0.461 e. The number of rotatable bonds is 5. The lowest BCUT2D eigenvalue weighted by Gasteiger charge is -2.07. The number of carbonyl (C=O) groups excluding carboxylic acids is 1. The first-order valence-corrected chi connectivity index (χ1v) is 7.16. The lowest BCUT2D eigenvalue weighted by molar-refractivity contribution is 0.0516. The Balaban J connectivity index is 2.54. The van der Waals surface area contributed by atoms with Crippen LogP contribution < -0.4 is 0 Å². The fourth-order valence-electron chi connectivity index (χ4n) is 1.99. The zero-order chi connectivity index (χ0) is 15.4. The van der Waals surface area contributed by atoms with Crippen LogP contribution in [0, 0.1) is 5.82 Å². The van der Waals surface area contributed by atoms with Crippen molar-refractivity contribution in [2.24, 2.45) is 0 Å². The van der Waals surface area contributed by atoms with Gasteiger partial charge in [0.2, 0.25) is 0 Å². The second kappa shape index (κ2) is 6.72. The average Bonchev–Trinajstić information content (AvgIpc) is 2.78. The predicted octanol–water partition coefficient (Wildman–Crippen LogP) is 3.79. The second-order valence-electron chi connectivity index (χ2n) is 4.47. The molecule has 0 amide bonds. The SMILES string of the molecule is CCCc1nn(-c2ccc(F)cc2)c(C(=O)OCC)c1Cl. The van der Waals surface area contributed by atoms with Crippen molar-refractivity contribution in [1.29, 1.82) is 0 Å². The van der Waals surface area contributed by atoms with Gasteiger partial charge in [0.25, 0.3) is 0 Å². The summed E-state index contributed by atoms with van der Waals surface area (Å²) >= 11 is 6.26. The van der Waals surface area contributed by atoms with Crippen molar-refractivity contribution >= 4 is 17.6 Å². The van der Waals surface area contributed by atoms with Gasteiger partial charge in [-0.3, -0.25) is 0 Å². The molecule has 0 atom stereocenters. The van der Waals surface area contributed by atoms with E-state index in [0.717, 1.165) is 6.42 Å². The van der Waals surface area contributed by atoms with Crippen LogP contribution in [0.4, 0.5) is 4.39 Å². The highest BCUT2D eigenvalue weighted by atomic mass is 35.5. The molecule has 0 aliphatic heterocycles. The van der Waals surface area contributed by atoms with Gasteiger partial charge in [-0.15, -0.1) is 0 Å². The molecule has 6 heteroatoms. The highest BCUT2D eigenvalue weighted by Crippen LogP contribution is 2.26. The van der Waals surface area contributed by atoms with E-state index in [0.29, 0.717) is 22.8 Å². The fourth-order valence-corrected chi connectivity index (χ4v) is 2.27. The summed E-state index contributed by atoms with van der Waals surface area (Å²) in [5, 5.41) is 4.66. The van der Waals surface area contributed by atoms with E-state index in [4.69, 9.17) is 16.3 Å². The first-order chi connectivity index (χ1) is 10.1. The average molecular weight is 311 g/mol. The molecule has 0 spiro atoms. The van der Waals surface area contributed by atoms with Gasteiger partial charge in [0.1, 0.15) is 5.82 Å². The highest BCUT2D eigenvalue weighted by Gasteiger charge is 2.24. The van der Waals surface area contributed by atoms with E-state index in [2.05, 4.69) is 5.10 Å². The summed E-state index contributed by atoms with van der Waals surface area (Å²) in [6.45, 7) is 3.96. The summed E-state index contributed by atoms with van der Waals surface area (Å²) in [6.07, 6.45) is 1.50. The number of hydrogen-bond acceptors (Lipinski definition) is 3. The van der Waals surface area contributed by atoms with Gasteiger partial charge in [0, 0.05) is 0 Å². The summed E-state index contributed by atoms with van der Waals surface area (Å²) in [5.41, 5.74) is 1.36. The Labute approximate surface area is 127 Å². The topological polar surface area (TPSA) is 44.1 Å². The van der Waals surface area contributed by atoms with Gasteiger partial charge in [0.15, 0.2) is 5.69 Å². The standard InChI is InChI=1S/C15H16ClFN2O2/c1-3-5-12-13(16)14(15(20)21-4-2)19(18-12)11-8-6-10(17)7-9-11/h6-9H,3-5H2,1-2H3. The molecule has 0 aliphatic rings. The zero-order valence-electron chi connectivity index (χ0n) is 11.9. The molecule has 21 heavy (non-hydrogen) atoms. The van der Waals surface area contributed by atoms with Crippen molar-refractivity contribution in [3.05, 3.63) is 46.5 Å². The molecule has 0 saturated carbocycles. The van der Waals surface area contributed by atoms with Crippen molar-refractivity contribution in [2.75, 3.05) is 6.61 Å². The van der Waals surface area contributed by atoms with Crippen LogP contribution in [0.25, 0.3) is 5.69 Å². The molecule has 0 saturated heterocycles. The number of nitrogens with zero attached hydrogens (tertiary/aromatic N) is 2. The Kier molecular flexibility index (Phi) is 4.96. The van der Waals surface area contributed by atoms with Crippen LogP contribution in [0.2, 0.25) is 5.02 Å². The molecule has 1 heterocycles. The molecule has 0 N–H and O–H groups in total.